The minimum absolute atomic E-state index is 0.279. The van der Waals surface area contributed by atoms with Crippen LogP contribution in [-0.4, -0.2) is 37.0 Å². The predicted molar refractivity (Wildman–Crippen MR) is 85.3 cm³/mol. The van der Waals surface area contributed by atoms with Gasteiger partial charge in [-0.1, -0.05) is 31.2 Å². The first-order valence-electron chi connectivity index (χ1n) is 8.12. The minimum Gasteiger partial charge on any atom is -0.341 e. The first-order valence-corrected chi connectivity index (χ1v) is 8.12. The third-order valence-corrected chi connectivity index (χ3v) is 5.30. The molecule has 3 heteroatoms. The Labute approximate surface area is 127 Å². The van der Waals surface area contributed by atoms with E-state index in [-0.39, 0.29) is 5.91 Å². The third kappa shape index (κ3) is 2.59. The van der Waals surface area contributed by atoms with E-state index < -0.39 is 5.41 Å². The molecule has 21 heavy (non-hydrogen) atoms. The van der Waals surface area contributed by atoms with Crippen molar-refractivity contribution in [2.24, 2.45) is 11.8 Å². The van der Waals surface area contributed by atoms with Crippen LogP contribution >= 0.6 is 0 Å². The second kappa shape index (κ2) is 5.45. The summed E-state index contributed by atoms with van der Waals surface area (Å²) >= 11 is 0. The smallest absolute Gasteiger partial charge is 0.232 e. The van der Waals surface area contributed by atoms with Crippen molar-refractivity contribution in [2.45, 2.75) is 32.6 Å². The quantitative estimate of drug-likeness (QED) is 0.924. The van der Waals surface area contributed by atoms with E-state index in [1.54, 1.807) is 0 Å². The summed E-state index contributed by atoms with van der Waals surface area (Å²) in [6.45, 7) is 10.3. The number of carbonyl (C=O) groups excluding carboxylic acids is 1. The molecule has 1 amide bonds. The molecule has 0 bridgehead atoms. The topological polar surface area (TPSA) is 32.3 Å². The van der Waals surface area contributed by atoms with Crippen LogP contribution in [0.1, 0.15) is 31.9 Å². The maximum atomic E-state index is 13.0. The van der Waals surface area contributed by atoms with Crippen molar-refractivity contribution in [1.82, 2.24) is 10.2 Å². The summed E-state index contributed by atoms with van der Waals surface area (Å²) in [5, 5.41) is 3.43. The predicted octanol–water partition coefficient (Wildman–Crippen LogP) is 2.20. The molecule has 1 N–H and O–H groups in total. The molecule has 2 saturated heterocycles. The molecule has 2 aliphatic heterocycles. The van der Waals surface area contributed by atoms with Crippen LogP contribution in [0.15, 0.2) is 24.3 Å². The van der Waals surface area contributed by atoms with Gasteiger partial charge in [-0.05, 0) is 43.2 Å². The number of aryl methyl sites for hydroxylation is 1. The number of hydrogen-bond acceptors (Lipinski definition) is 2. The van der Waals surface area contributed by atoms with E-state index in [4.69, 9.17) is 0 Å². The van der Waals surface area contributed by atoms with Crippen molar-refractivity contribution in [2.75, 3.05) is 26.2 Å². The summed E-state index contributed by atoms with van der Waals surface area (Å²) in [5.41, 5.74) is 2.02. The molecule has 2 atom stereocenters. The van der Waals surface area contributed by atoms with Gasteiger partial charge < -0.3 is 10.2 Å². The Balaban J connectivity index is 1.75. The van der Waals surface area contributed by atoms with Gasteiger partial charge in [-0.3, -0.25) is 4.79 Å². The number of carbonyl (C=O) groups is 1. The summed E-state index contributed by atoms with van der Waals surface area (Å²) < 4.78 is 0. The van der Waals surface area contributed by atoms with Crippen LogP contribution < -0.4 is 5.32 Å². The number of amides is 1. The fraction of sp³-hybridized carbons (Fsp3) is 0.611. The van der Waals surface area contributed by atoms with E-state index in [9.17, 15) is 4.79 Å². The average molecular weight is 286 g/mol. The van der Waals surface area contributed by atoms with E-state index in [0.29, 0.717) is 11.8 Å². The molecule has 1 aromatic carbocycles. The Morgan fingerprint density at radius 1 is 1.19 bits per heavy atom. The highest BCUT2D eigenvalue weighted by molar-refractivity contribution is 5.87. The van der Waals surface area contributed by atoms with E-state index in [2.05, 4.69) is 55.3 Å². The van der Waals surface area contributed by atoms with E-state index in [1.807, 2.05) is 0 Å². The van der Waals surface area contributed by atoms with E-state index in [0.717, 1.165) is 38.2 Å². The zero-order valence-electron chi connectivity index (χ0n) is 13.4. The Bertz CT molecular complexity index is 509. The van der Waals surface area contributed by atoms with Gasteiger partial charge in [0.05, 0.1) is 5.41 Å². The molecular formula is C18H26N2O. The molecule has 2 aliphatic rings. The molecule has 114 valence electrons. The Morgan fingerprint density at radius 2 is 1.76 bits per heavy atom. The van der Waals surface area contributed by atoms with Gasteiger partial charge in [0.15, 0.2) is 0 Å². The maximum absolute atomic E-state index is 13.0. The lowest BCUT2D eigenvalue weighted by molar-refractivity contribution is -0.135. The number of nitrogens with zero attached hydrogens (tertiary/aromatic N) is 1. The maximum Gasteiger partial charge on any atom is 0.232 e. The fourth-order valence-electron chi connectivity index (χ4n) is 3.70. The van der Waals surface area contributed by atoms with Crippen LogP contribution in [-0.2, 0) is 16.6 Å². The van der Waals surface area contributed by atoms with Gasteiger partial charge >= 0.3 is 0 Å². The Morgan fingerprint density at radius 3 is 2.29 bits per heavy atom. The molecule has 0 aromatic heterocycles. The second-order valence-electron chi connectivity index (χ2n) is 7.06. The first-order chi connectivity index (χ1) is 10.0. The number of benzene rings is 1. The van der Waals surface area contributed by atoms with Crippen molar-refractivity contribution in [3.05, 3.63) is 35.4 Å². The Kier molecular flexibility index (Phi) is 3.78. The van der Waals surface area contributed by atoms with Crippen LogP contribution in [0.25, 0.3) is 0 Å². The number of likely N-dealkylation sites (tertiary alicyclic amines) is 1. The molecule has 2 heterocycles. The van der Waals surface area contributed by atoms with Crippen molar-refractivity contribution < 1.29 is 4.79 Å². The minimum atomic E-state index is -0.432. The summed E-state index contributed by atoms with van der Waals surface area (Å²) in [6.07, 6.45) is 1.04. The molecule has 3 rings (SSSR count). The third-order valence-electron chi connectivity index (χ3n) is 5.30. The number of hydrogen-bond donors (Lipinski definition) is 1. The number of rotatable bonds is 3. The lowest BCUT2D eigenvalue weighted by Gasteiger charge is -2.30. The summed E-state index contributed by atoms with van der Waals surface area (Å²) in [5.74, 6) is 1.60. The van der Waals surface area contributed by atoms with E-state index >= 15 is 0 Å². The Hall–Kier alpha value is -1.35. The van der Waals surface area contributed by atoms with Crippen LogP contribution in [0.2, 0.25) is 0 Å². The molecular weight excluding hydrogens is 260 g/mol. The van der Waals surface area contributed by atoms with Crippen molar-refractivity contribution >= 4 is 5.91 Å². The van der Waals surface area contributed by atoms with Crippen LogP contribution in [0.5, 0.6) is 0 Å². The van der Waals surface area contributed by atoms with Gasteiger partial charge in [0.1, 0.15) is 0 Å². The molecule has 0 saturated carbocycles. The number of nitrogens with one attached hydrogen (secondary N) is 1. The first kappa shape index (κ1) is 14.6. The van der Waals surface area contributed by atoms with Crippen LogP contribution in [0.3, 0.4) is 0 Å². The zero-order valence-corrected chi connectivity index (χ0v) is 13.4. The van der Waals surface area contributed by atoms with Gasteiger partial charge in [-0.2, -0.15) is 0 Å². The SMILES string of the molecule is CCc1ccc(C(C)(C)C(=O)N2C[C@H]3CNC[C@H]3C2)cc1. The molecule has 0 aliphatic carbocycles. The monoisotopic (exact) mass is 286 g/mol. The fourth-order valence-corrected chi connectivity index (χ4v) is 3.70. The number of fused-ring (bicyclic) bond motifs is 1. The van der Waals surface area contributed by atoms with Gasteiger partial charge in [0.2, 0.25) is 5.91 Å². The zero-order chi connectivity index (χ0) is 15.0. The lowest BCUT2D eigenvalue weighted by Crippen LogP contribution is -2.43. The summed E-state index contributed by atoms with van der Waals surface area (Å²) in [7, 11) is 0. The van der Waals surface area contributed by atoms with Gasteiger partial charge in [0.25, 0.3) is 0 Å². The molecule has 3 nitrogen and oxygen atoms in total. The standard InChI is InChI=1S/C18H26N2O/c1-4-13-5-7-16(8-6-13)18(2,3)17(21)20-11-14-9-19-10-15(14)12-20/h5-8,14-15,19H,4,9-12H2,1-3H3/t14-,15+. The molecule has 0 unspecified atom stereocenters. The molecule has 0 spiro atoms. The van der Waals surface area contributed by atoms with Crippen molar-refractivity contribution in [1.29, 1.82) is 0 Å². The summed E-state index contributed by atoms with van der Waals surface area (Å²) in [4.78, 5) is 15.0. The normalized spacial score (nSPS) is 25.2. The average Bonchev–Trinajstić information content (AvgIpc) is 3.07. The van der Waals surface area contributed by atoms with Gasteiger partial charge in [-0.15, -0.1) is 0 Å². The summed E-state index contributed by atoms with van der Waals surface area (Å²) in [6, 6.07) is 8.53. The highest BCUT2D eigenvalue weighted by Gasteiger charge is 2.42. The highest BCUT2D eigenvalue weighted by atomic mass is 16.2. The highest BCUT2D eigenvalue weighted by Crippen LogP contribution is 2.32. The van der Waals surface area contributed by atoms with Crippen LogP contribution in [0, 0.1) is 11.8 Å². The van der Waals surface area contributed by atoms with Gasteiger partial charge in [0, 0.05) is 26.2 Å². The van der Waals surface area contributed by atoms with Crippen LogP contribution in [0.4, 0.5) is 0 Å². The lowest BCUT2D eigenvalue weighted by atomic mass is 9.82. The largest absolute Gasteiger partial charge is 0.341 e. The molecule has 1 aromatic rings. The van der Waals surface area contributed by atoms with Crippen molar-refractivity contribution in [3.63, 3.8) is 0 Å². The molecule has 0 radical (unpaired) electrons. The van der Waals surface area contributed by atoms with Crippen molar-refractivity contribution in [3.8, 4) is 0 Å². The molecule has 2 fully saturated rings. The van der Waals surface area contributed by atoms with Gasteiger partial charge in [-0.25, -0.2) is 0 Å². The second-order valence-corrected chi connectivity index (χ2v) is 7.06. The van der Waals surface area contributed by atoms with E-state index in [1.165, 1.54) is 5.56 Å².